The summed E-state index contributed by atoms with van der Waals surface area (Å²) in [5.41, 5.74) is 2.55. The minimum absolute atomic E-state index is 0.0208. The van der Waals surface area contributed by atoms with Gasteiger partial charge in [-0.05, 0) is 37.7 Å². The van der Waals surface area contributed by atoms with Gasteiger partial charge in [-0.2, -0.15) is 0 Å². The SMILES string of the molecule is C[C@H]1CCc2c(sc3nc([C@H](C)SCc4cc([N+](=O)[O-])cc5c4OCOC5)[nH]c(=O)c23)C1. The van der Waals surface area contributed by atoms with E-state index in [1.807, 2.05) is 6.92 Å². The summed E-state index contributed by atoms with van der Waals surface area (Å²) in [6.07, 6.45) is 3.05. The lowest BCUT2D eigenvalue weighted by Crippen LogP contribution is -2.15. The molecule has 2 atom stereocenters. The Bertz CT molecular complexity index is 1270. The van der Waals surface area contributed by atoms with E-state index in [1.54, 1.807) is 29.2 Å². The first kappa shape index (κ1) is 21.4. The molecule has 0 radical (unpaired) electrons. The van der Waals surface area contributed by atoms with Gasteiger partial charge in [-0.15, -0.1) is 23.1 Å². The molecule has 1 aliphatic heterocycles. The quantitative estimate of drug-likeness (QED) is 0.416. The summed E-state index contributed by atoms with van der Waals surface area (Å²) in [6.45, 7) is 4.65. The van der Waals surface area contributed by atoms with E-state index in [9.17, 15) is 14.9 Å². The van der Waals surface area contributed by atoms with Crippen LogP contribution in [0.1, 0.15) is 52.9 Å². The standard InChI is InChI=1S/C22H23N3O5S2/c1-11-3-4-16-17(5-11)32-22-18(16)21(26)23-20(24-22)12(2)31-9-14-7-15(25(27)28)6-13-8-29-10-30-19(13)14/h6-7,11-12H,3-5,8-10H2,1-2H3,(H,23,24,26)/t11-,12-/m0/s1. The average Bonchev–Trinajstić information content (AvgIpc) is 3.14. The van der Waals surface area contributed by atoms with E-state index in [0.29, 0.717) is 28.8 Å². The van der Waals surface area contributed by atoms with E-state index >= 15 is 0 Å². The lowest BCUT2D eigenvalue weighted by molar-refractivity contribution is -0.385. The normalized spacial score (nSPS) is 18.6. The van der Waals surface area contributed by atoms with Gasteiger partial charge < -0.3 is 14.5 Å². The molecule has 3 heterocycles. The molecule has 0 saturated carbocycles. The summed E-state index contributed by atoms with van der Waals surface area (Å²) in [6, 6.07) is 3.05. The number of nitro benzene ring substituents is 1. The van der Waals surface area contributed by atoms with E-state index in [0.717, 1.165) is 35.0 Å². The number of aryl methyl sites for hydroxylation is 1. The molecule has 1 aromatic carbocycles. The summed E-state index contributed by atoms with van der Waals surface area (Å²) >= 11 is 3.20. The number of aromatic amines is 1. The Morgan fingerprint density at radius 3 is 3.09 bits per heavy atom. The lowest BCUT2D eigenvalue weighted by Gasteiger charge is -2.21. The van der Waals surface area contributed by atoms with Crippen LogP contribution in [0.15, 0.2) is 16.9 Å². The van der Waals surface area contributed by atoms with Gasteiger partial charge in [0, 0.05) is 33.9 Å². The molecule has 32 heavy (non-hydrogen) atoms. The molecule has 0 unspecified atom stereocenters. The third kappa shape index (κ3) is 3.91. The van der Waals surface area contributed by atoms with Gasteiger partial charge in [0.05, 0.1) is 22.2 Å². The Morgan fingerprint density at radius 2 is 2.28 bits per heavy atom. The van der Waals surface area contributed by atoms with Gasteiger partial charge in [-0.25, -0.2) is 4.98 Å². The van der Waals surface area contributed by atoms with Crippen LogP contribution in [0.25, 0.3) is 10.2 Å². The number of nitrogens with zero attached hydrogens (tertiary/aromatic N) is 2. The van der Waals surface area contributed by atoms with Crippen molar-refractivity contribution < 1.29 is 14.4 Å². The topological polar surface area (TPSA) is 107 Å². The number of H-pyrrole nitrogens is 1. The summed E-state index contributed by atoms with van der Waals surface area (Å²) < 4.78 is 10.9. The molecule has 5 rings (SSSR count). The van der Waals surface area contributed by atoms with Gasteiger partial charge >= 0.3 is 0 Å². The molecule has 2 aromatic heterocycles. The number of fused-ring (bicyclic) bond motifs is 4. The first-order valence-corrected chi connectivity index (χ1v) is 12.4. The molecule has 2 aliphatic rings. The Morgan fingerprint density at radius 1 is 1.44 bits per heavy atom. The molecular weight excluding hydrogens is 450 g/mol. The van der Waals surface area contributed by atoms with Crippen molar-refractivity contribution in [3.05, 3.63) is 60.0 Å². The van der Waals surface area contributed by atoms with E-state index in [1.165, 1.54) is 16.5 Å². The van der Waals surface area contributed by atoms with Crippen LogP contribution in [0.4, 0.5) is 5.69 Å². The number of thioether (sulfide) groups is 1. The second-order valence-corrected chi connectivity index (χ2v) is 10.8. The molecule has 10 heteroatoms. The van der Waals surface area contributed by atoms with Crippen LogP contribution in [-0.2, 0) is 29.9 Å². The fourth-order valence-corrected chi connectivity index (χ4v) is 6.65. The second kappa shape index (κ2) is 8.49. The summed E-state index contributed by atoms with van der Waals surface area (Å²) in [5.74, 6) is 2.41. The maximum Gasteiger partial charge on any atom is 0.270 e. The summed E-state index contributed by atoms with van der Waals surface area (Å²) in [4.78, 5) is 33.7. The van der Waals surface area contributed by atoms with Crippen LogP contribution in [0.5, 0.6) is 5.75 Å². The molecule has 8 nitrogen and oxygen atoms in total. The number of hydrogen-bond acceptors (Lipinski definition) is 8. The minimum atomic E-state index is -0.404. The highest BCUT2D eigenvalue weighted by atomic mass is 32.2. The monoisotopic (exact) mass is 473 g/mol. The number of ether oxygens (including phenoxy) is 2. The van der Waals surface area contributed by atoms with Gasteiger partial charge in [-0.3, -0.25) is 14.9 Å². The van der Waals surface area contributed by atoms with Gasteiger partial charge in [0.1, 0.15) is 16.4 Å². The summed E-state index contributed by atoms with van der Waals surface area (Å²) in [5, 5.41) is 12.0. The molecule has 0 saturated heterocycles. The number of thiophene rings is 1. The zero-order valence-corrected chi connectivity index (χ0v) is 19.4. The van der Waals surface area contributed by atoms with Crippen molar-refractivity contribution >= 4 is 39.0 Å². The number of non-ortho nitro benzene ring substituents is 1. The molecule has 0 amide bonds. The van der Waals surface area contributed by atoms with Crippen molar-refractivity contribution in [2.24, 2.45) is 5.92 Å². The third-order valence-electron chi connectivity index (χ3n) is 6.04. The van der Waals surface area contributed by atoms with E-state index in [-0.39, 0.29) is 29.9 Å². The molecule has 3 aromatic rings. The Kier molecular flexibility index (Phi) is 5.68. The van der Waals surface area contributed by atoms with Crippen molar-refractivity contribution in [3.63, 3.8) is 0 Å². The first-order valence-electron chi connectivity index (χ1n) is 10.6. The predicted molar refractivity (Wildman–Crippen MR) is 125 cm³/mol. The van der Waals surface area contributed by atoms with Crippen molar-refractivity contribution in [1.29, 1.82) is 0 Å². The number of hydrogen-bond donors (Lipinski definition) is 1. The van der Waals surface area contributed by atoms with Crippen LogP contribution >= 0.6 is 23.1 Å². The maximum absolute atomic E-state index is 12.9. The van der Waals surface area contributed by atoms with Gasteiger partial charge in [0.2, 0.25) is 0 Å². The number of benzene rings is 1. The number of aromatic nitrogens is 2. The molecular formula is C22H23N3O5S2. The predicted octanol–water partition coefficient (Wildman–Crippen LogP) is 4.88. The van der Waals surface area contributed by atoms with Gasteiger partial charge in [0.25, 0.3) is 11.2 Å². The third-order valence-corrected chi connectivity index (χ3v) is 8.39. The molecule has 0 fully saturated rings. The van der Waals surface area contributed by atoms with Crippen molar-refractivity contribution in [2.45, 2.75) is 50.7 Å². The van der Waals surface area contributed by atoms with Crippen molar-refractivity contribution in [1.82, 2.24) is 9.97 Å². The highest BCUT2D eigenvalue weighted by Crippen LogP contribution is 2.39. The van der Waals surface area contributed by atoms with Crippen LogP contribution in [0.3, 0.4) is 0 Å². The molecule has 0 spiro atoms. The van der Waals surface area contributed by atoms with E-state index < -0.39 is 4.92 Å². The molecule has 1 aliphatic carbocycles. The largest absolute Gasteiger partial charge is 0.467 e. The fourth-order valence-electron chi connectivity index (χ4n) is 4.35. The zero-order chi connectivity index (χ0) is 22.4. The first-order chi connectivity index (χ1) is 15.4. The van der Waals surface area contributed by atoms with E-state index in [4.69, 9.17) is 14.5 Å². The smallest absolute Gasteiger partial charge is 0.270 e. The van der Waals surface area contributed by atoms with Crippen molar-refractivity contribution in [2.75, 3.05) is 6.79 Å². The fraction of sp³-hybridized carbons (Fsp3) is 0.455. The van der Waals surface area contributed by atoms with Crippen LogP contribution < -0.4 is 10.3 Å². The number of nitrogens with one attached hydrogen (secondary N) is 1. The van der Waals surface area contributed by atoms with Crippen molar-refractivity contribution in [3.8, 4) is 5.75 Å². The Hall–Kier alpha value is -2.43. The van der Waals surface area contributed by atoms with Gasteiger partial charge in [0.15, 0.2) is 6.79 Å². The van der Waals surface area contributed by atoms with Crippen LogP contribution in [-0.4, -0.2) is 21.7 Å². The van der Waals surface area contributed by atoms with E-state index in [2.05, 4.69) is 11.9 Å². The highest BCUT2D eigenvalue weighted by molar-refractivity contribution is 7.98. The average molecular weight is 474 g/mol. The lowest BCUT2D eigenvalue weighted by atomic mass is 9.89. The molecule has 1 N–H and O–H groups in total. The second-order valence-electron chi connectivity index (χ2n) is 8.40. The highest BCUT2D eigenvalue weighted by Gasteiger charge is 2.25. The molecule has 168 valence electrons. The number of nitro groups is 1. The van der Waals surface area contributed by atoms with Gasteiger partial charge in [-0.1, -0.05) is 6.92 Å². The Labute approximate surface area is 192 Å². The number of rotatable bonds is 5. The summed E-state index contributed by atoms with van der Waals surface area (Å²) in [7, 11) is 0. The van der Waals surface area contributed by atoms with Crippen LogP contribution in [0, 0.1) is 16.0 Å². The molecule has 0 bridgehead atoms. The maximum atomic E-state index is 12.9. The van der Waals surface area contributed by atoms with Crippen LogP contribution in [0.2, 0.25) is 0 Å². The minimum Gasteiger partial charge on any atom is -0.467 e. The Balaban J connectivity index is 1.41. The zero-order valence-electron chi connectivity index (χ0n) is 17.8.